The fourth-order valence-corrected chi connectivity index (χ4v) is 2.27. The van der Waals surface area contributed by atoms with Crippen LogP contribution in [-0.2, 0) is 9.53 Å². The van der Waals surface area contributed by atoms with E-state index in [1.165, 1.54) is 19.4 Å². The number of likely N-dealkylation sites (tertiary alicyclic amines) is 1. The van der Waals surface area contributed by atoms with Crippen LogP contribution in [0.15, 0.2) is 18.3 Å². The number of nitrogens with zero attached hydrogens (tertiary/aromatic N) is 2. The summed E-state index contributed by atoms with van der Waals surface area (Å²) >= 11 is 0. The van der Waals surface area contributed by atoms with Gasteiger partial charge in [0, 0.05) is 32.4 Å². The van der Waals surface area contributed by atoms with Crippen LogP contribution in [0.25, 0.3) is 0 Å². The van der Waals surface area contributed by atoms with Crippen molar-refractivity contribution >= 4 is 11.8 Å². The fraction of sp³-hybridized carbons (Fsp3) is 0.500. The molecule has 114 valence electrons. The molecule has 0 spiro atoms. The van der Waals surface area contributed by atoms with Gasteiger partial charge in [-0.2, -0.15) is 4.39 Å². The number of halogens is 1. The third-order valence-corrected chi connectivity index (χ3v) is 3.44. The quantitative estimate of drug-likeness (QED) is 0.825. The van der Waals surface area contributed by atoms with E-state index in [1.54, 1.807) is 4.90 Å². The Morgan fingerprint density at radius 3 is 2.71 bits per heavy atom. The number of carbonyl (C=O) groups excluding carboxylic acids is 2. The number of piperidine rings is 1. The van der Waals surface area contributed by atoms with Crippen LogP contribution in [0.1, 0.15) is 23.2 Å². The van der Waals surface area contributed by atoms with Crippen LogP contribution < -0.4 is 5.32 Å². The smallest absolute Gasteiger partial charge is 0.253 e. The molecule has 0 aromatic carbocycles. The van der Waals surface area contributed by atoms with Crippen LogP contribution in [0.3, 0.4) is 0 Å². The first kappa shape index (κ1) is 15.4. The van der Waals surface area contributed by atoms with E-state index in [0.29, 0.717) is 31.5 Å². The Bertz CT molecular complexity index is 499. The lowest BCUT2D eigenvalue weighted by Gasteiger charge is -2.32. The van der Waals surface area contributed by atoms with Gasteiger partial charge in [-0.25, -0.2) is 4.98 Å². The van der Waals surface area contributed by atoms with Crippen LogP contribution in [-0.4, -0.2) is 54.5 Å². The predicted molar refractivity (Wildman–Crippen MR) is 73.1 cm³/mol. The van der Waals surface area contributed by atoms with Crippen molar-refractivity contribution in [2.75, 3.05) is 26.8 Å². The minimum atomic E-state index is -0.614. The number of hydrogen-bond donors (Lipinski definition) is 1. The van der Waals surface area contributed by atoms with E-state index >= 15 is 0 Å². The summed E-state index contributed by atoms with van der Waals surface area (Å²) in [5, 5.41) is 2.88. The molecule has 6 nitrogen and oxygen atoms in total. The number of nitrogens with one attached hydrogen (secondary N) is 1. The molecule has 1 saturated heterocycles. The molecular formula is C14H18FN3O3. The maximum Gasteiger partial charge on any atom is 0.253 e. The van der Waals surface area contributed by atoms with E-state index < -0.39 is 5.95 Å². The predicted octanol–water partition coefficient (Wildman–Crippen LogP) is 0.588. The summed E-state index contributed by atoms with van der Waals surface area (Å²) in [5.74, 6) is -0.925. The van der Waals surface area contributed by atoms with Crippen LogP contribution >= 0.6 is 0 Å². The monoisotopic (exact) mass is 295 g/mol. The summed E-state index contributed by atoms with van der Waals surface area (Å²) in [4.78, 5) is 28.8. The van der Waals surface area contributed by atoms with Crippen LogP contribution in [0.2, 0.25) is 0 Å². The van der Waals surface area contributed by atoms with Gasteiger partial charge < -0.3 is 15.0 Å². The molecule has 0 saturated carbocycles. The molecule has 1 aromatic rings. The first-order valence-corrected chi connectivity index (χ1v) is 6.79. The zero-order valence-corrected chi connectivity index (χ0v) is 11.8. The molecule has 0 aliphatic carbocycles. The van der Waals surface area contributed by atoms with E-state index in [0.717, 1.165) is 6.07 Å². The lowest BCUT2D eigenvalue weighted by atomic mass is 10.0. The number of pyridine rings is 1. The van der Waals surface area contributed by atoms with E-state index in [-0.39, 0.29) is 24.5 Å². The highest BCUT2D eigenvalue weighted by Gasteiger charge is 2.23. The molecule has 0 unspecified atom stereocenters. The Hall–Kier alpha value is -2.02. The van der Waals surface area contributed by atoms with Gasteiger partial charge >= 0.3 is 0 Å². The number of rotatable bonds is 4. The summed E-state index contributed by atoms with van der Waals surface area (Å²) < 4.78 is 17.5. The van der Waals surface area contributed by atoms with Crippen molar-refractivity contribution < 1.29 is 18.7 Å². The Balaban J connectivity index is 1.82. The van der Waals surface area contributed by atoms with Crippen molar-refractivity contribution in [1.29, 1.82) is 0 Å². The lowest BCUT2D eigenvalue weighted by Crippen LogP contribution is -2.47. The maximum atomic E-state index is 12.7. The second kappa shape index (κ2) is 7.12. The molecule has 1 N–H and O–H groups in total. The molecule has 2 rings (SSSR count). The largest absolute Gasteiger partial charge is 0.375 e. The molecule has 1 aromatic heterocycles. The highest BCUT2D eigenvalue weighted by Crippen LogP contribution is 2.11. The molecule has 7 heteroatoms. The van der Waals surface area contributed by atoms with Crippen LogP contribution in [0.5, 0.6) is 0 Å². The van der Waals surface area contributed by atoms with Crippen molar-refractivity contribution in [3.8, 4) is 0 Å². The zero-order valence-electron chi connectivity index (χ0n) is 11.8. The number of amides is 2. The fourth-order valence-electron chi connectivity index (χ4n) is 2.27. The average Bonchev–Trinajstić information content (AvgIpc) is 2.49. The summed E-state index contributed by atoms with van der Waals surface area (Å²) in [6.45, 7) is 1.27. The molecule has 1 aliphatic heterocycles. The Kier molecular flexibility index (Phi) is 5.21. The van der Waals surface area contributed by atoms with Crippen molar-refractivity contribution in [3.63, 3.8) is 0 Å². The molecule has 1 aliphatic rings. The van der Waals surface area contributed by atoms with Gasteiger partial charge in [0.1, 0.15) is 6.61 Å². The second-order valence-corrected chi connectivity index (χ2v) is 4.93. The SMILES string of the molecule is COCC(=O)N1CCC(NC(=O)c2ccc(F)nc2)CC1. The topological polar surface area (TPSA) is 71.5 Å². The normalized spacial score (nSPS) is 15.8. The molecule has 21 heavy (non-hydrogen) atoms. The summed E-state index contributed by atoms with van der Waals surface area (Å²) in [5.41, 5.74) is 0.328. The minimum Gasteiger partial charge on any atom is -0.375 e. The maximum absolute atomic E-state index is 12.7. The second-order valence-electron chi connectivity index (χ2n) is 4.93. The van der Waals surface area contributed by atoms with Gasteiger partial charge in [0.05, 0.1) is 5.56 Å². The van der Waals surface area contributed by atoms with Gasteiger partial charge in [0.25, 0.3) is 5.91 Å². The standard InChI is InChI=1S/C14H18FN3O3/c1-21-9-13(19)18-6-4-11(5-7-18)17-14(20)10-2-3-12(15)16-8-10/h2-3,8,11H,4-7,9H2,1H3,(H,17,20). The van der Waals surface area contributed by atoms with Gasteiger partial charge in [-0.05, 0) is 25.0 Å². The van der Waals surface area contributed by atoms with Gasteiger partial charge in [-0.3, -0.25) is 9.59 Å². The first-order chi connectivity index (χ1) is 10.1. The minimum absolute atomic E-state index is 0.00847. The van der Waals surface area contributed by atoms with Crippen molar-refractivity contribution in [2.24, 2.45) is 0 Å². The summed E-state index contributed by atoms with van der Waals surface area (Å²) in [6, 6.07) is 2.56. The van der Waals surface area contributed by atoms with E-state index in [1.807, 2.05) is 0 Å². The Morgan fingerprint density at radius 2 is 2.14 bits per heavy atom. The molecule has 0 radical (unpaired) electrons. The van der Waals surface area contributed by atoms with Gasteiger partial charge in [0.15, 0.2) is 0 Å². The number of carbonyl (C=O) groups is 2. The van der Waals surface area contributed by atoms with Crippen LogP contribution in [0.4, 0.5) is 4.39 Å². The Labute approximate surface area is 122 Å². The Morgan fingerprint density at radius 1 is 1.43 bits per heavy atom. The van der Waals surface area contributed by atoms with E-state index in [2.05, 4.69) is 10.3 Å². The summed E-state index contributed by atoms with van der Waals surface area (Å²) in [6.07, 6.45) is 2.59. The number of methoxy groups -OCH3 is 1. The lowest BCUT2D eigenvalue weighted by molar-refractivity contribution is -0.136. The third-order valence-electron chi connectivity index (χ3n) is 3.44. The molecule has 0 bridgehead atoms. The molecule has 2 heterocycles. The van der Waals surface area contributed by atoms with Gasteiger partial charge in [-0.1, -0.05) is 0 Å². The van der Waals surface area contributed by atoms with Gasteiger partial charge in [-0.15, -0.1) is 0 Å². The van der Waals surface area contributed by atoms with E-state index in [9.17, 15) is 14.0 Å². The number of hydrogen-bond acceptors (Lipinski definition) is 4. The van der Waals surface area contributed by atoms with E-state index in [4.69, 9.17) is 4.74 Å². The number of aromatic nitrogens is 1. The highest BCUT2D eigenvalue weighted by atomic mass is 19.1. The van der Waals surface area contributed by atoms with Crippen molar-refractivity contribution in [3.05, 3.63) is 29.8 Å². The molecule has 0 atom stereocenters. The molecular weight excluding hydrogens is 277 g/mol. The number of ether oxygens (including phenoxy) is 1. The molecule has 2 amide bonds. The summed E-state index contributed by atoms with van der Waals surface area (Å²) in [7, 11) is 1.49. The first-order valence-electron chi connectivity index (χ1n) is 6.79. The van der Waals surface area contributed by atoms with Crippen molar-refractivity contribution in [2.45, 2.75) is 18.9 Å². The van der Waals surface area contributed by atoms with Crippen LogP contribution in [0, 0.1) is 5.95 Å². The van der Waals surface area contributed by atoms with Crippen molar-refractivity contribution in [1.82, 2.24) is 15.2 Å². The zero-order chi connectivity index (χ0) is 15.2. The highest BCUT2D eigenvalue weighted by molar-refractivity contribution is 5.94. The molecule has 1 fully saturated rings. The van der Waals surface area contributed by atoms with Gasteiger partial charge in [0.2, 0.25) is 11.9 Å². The third kappa shape index (κ3) is 4.22. The average molecular weight is 295 g/mol.